The molecule has 0 fully saturated rings. The Morgan fingerprint density at radius 1 is 1.62 bits per heavy atom. The molecule has 4 nitrogen and oxygen atoms in total. The zero-order chi connectivity index (χ0) is 12.0. The molecule has 4 heteroatoms. The maximum absolute atomic E-state index is 11.5. The number of hydrogen-bond acceptors (Lipinski definition) is 4. The van der Waals surface area contributed by atoms with Crippen molar-refractivity contribution in [2.45, 2.75) is 6.04 Å². The molecule has 1 rings (SSSR count). The second-order valence-electron chi connectivity index (χ2n) is 3.21. The number of esters is 1. The molecule has 0 amide bonds. The highest BCUT2D eigenvalue weighted by Crippen LogP contribution is 2.24. The van der Waals surface area contributed by atoms with E-state index in [9.17, 15) is 9.90 Å². The zero-order valence-corrected chi connectivity index (χ0v) is 9.14. The minimum absolute atomic E-state index is 0.0643. The molecule has 0 bridgehead atoms. The van der Waals surface area contributed by atoms with E-state index in [1.165, 1.54) is 13.2 Å². The number of methoxy groups -OCH3 is 1. The maximum atomic E-state index is 11.5. The second kappa shape index (κ2) is 5.92. The standard InChI is InChI=1S/C12H15NO3/c1-3-8-13-11(12(15)16-2)9-6-4-5-7-10(9)14/h3-7,11,13-14H,1,8H2,2H3. The first-order chi connectivity index (χ1) is 7.70. The van der Waals surface area contributed by atoms with E-state index in [-0.39, 0.29) is 5.75 Å². The van der Waals surface area contributed by atoms with Crippen LogP contribution in [-0.2, 0) is 9.53 Å². The van der Waals surface area contributed by atoms with Crippen molar-refractivity contribution in [1.82, 2.24) is 5.32 Å². The molecule has 0 heterocycles. The van der Waals surface area contributed by atoms with E-state index in [0.717, 1.165) is 0 Å². The zero-order valence-electron chi connectivity index (χ0n) is 9.14. The Kier molecular flexibility index (Phi) is 4.54. The van der Waals surface area contributed by atoms with Gasteiger partial charge >= 0.3 is 5.97 Å². The summed E-state index contributed by atoms with van der Waals surface area (Å²) in [5, 5.41) is 12.6. The fraction of sp³-hybridized carbons (Fsp3) is 0.250. The predicted molar refractivity (Wildman–Crippen MR) is 61.1 cm³/mol. The molecule has 0 aliphatic rings. The van der Waals surface area contributed by atoms with Crippen LogP contribution in [0.2, 0.25) is 0 Å². The molecule has 0 aliphatic heterocycles. The molecular formula is C12H15NO3. The summed E-state index contributed by atoms with van der Waals surface area (Å²) >= 11 is 0. The number of phenols is 1. The lowest BCUT2D eigenvalue weighted by molar-refractivity contribution is -0.143. The molecule has 1 aromatic rings. The number of hydrogen-bond donors (Lipinski definition) is 2. The van der Waals surface area contributed by atoms with Crippen LogP contribution in [0.5, 0.6) is 5.75 Å². The molecule has 2 N–H and O–H groups in total. The van der Waals surface area contributed by atoms with Gasteiger partial charge in [-0.25, -0.2) is 4.79 Å². The van der Waals surface area contributed by atoms with Crippen molar-refractivity contribution in [3.05, 3.63) is 42.5 Å². The topological polar surface area (TPSA) is 58.6 Å². The van der Waals surface area contributed by atoms with Crippen LogP contribution in [0, 0.1) is 0 Å². The van der Waals surface area contributed by atoms with Crippen molar-refractivity contribution in [2.24, 2.45) is 0 Å². The van der Waals surface area contributed by atoms with Gasteiger partial charge in [0.25, 0.3) is 0 Å². The van der Waals surface area contributed by atoms with Crippen LogP contribution in [0.1, 0.15) is 11.6 Å². The van der Waals surface area contributed by atoms with Gasteiger partial charge in [-0.05, 0) is 6.07 Å². The van der Waals surface area contributed by atoms with E-state index in [2.05, 4.69) is 16.6 Å². The van der Waals surface area contributed by atoms with Gasteiger partial charge in [0.1, 0.15) is 11.8 Å². The van der Waals surface area contributed by atoms with Gasteiger partial charge in [-0.15, -0.1) is 6.58 Å². The van der Waals surface area contributed by atoms with Crippen LogP contribution >= 0.6 is 0 Å². The summed E-state index contributed by atoms with van der Waals surface area (Å²) in [6.07, 6.45) is 1.63. The van der Waals surface area contributed by atoms with Crippen molar-refractivity contribution < 1.29 is 14.6 Å². The highest BCUT2D eigenvalue weighted by Gasteiger charge is 2.22. The first kappa shape index (κ1) is 12.3. The first-order valence-corrected chi connectivity index (χ1v) is 4.90. The van der Waals surface area contributed by atoms with Crippen molar-refractivity contribution in [1.29, 1.82) is 0 Å². The van der Waals surface area contributed by atoms with E-state index in [1.807, 2.05) is 0 Å². The van der Waals surface area contributed by atoms with Gasteiger partial charge in [-0.1, -0.05) is 24.3 Å². The molecule has 1 aromatic carbocycles. The van der Waals surface area contributed by atoms with Gasteiger partial charge in [0, 0.05) is 12.1 Å². The molecular weight excluding hydrogens is 206 g/mol. The van der Waals surface area contributed by atoms with Crippen LogP contribution in [-0.4, -0.2) is 24.7 Å². The lowest BCUT2D eigenvalue weighted by atomic mass is 10.1. The van der Waals surface area contributed by atoms with E-state index >= 15 is 0 Å². The minimum atomic E-state index is -0.677. The molecule has 0 aromatic heterocycles. The SMILES string of the molecule is C=CCNC(C(=O)OC)c1ccccc1O. The summed E-state index contributed by atoms with van der Waals surface area (Å²) in [5.41, 5.74) is 0.496. The number of benzene rings is 1. The molecule has 16 heavy (non-hydrogen) atoms. The normalized spacial score (nSPS) is 11.8. The van der Waals surface area contributed by atoms with Gasteiger partial charge in [0.05, 0.1) is 7.11 Å². The number of rotatable bonds is 5. The third kappa shape index (κ3) is 2.84. The van der Waals surface area contributed by atoms with Crippen LogP contribution in [0.4, 0.5) is 0 Å². The Morgan fingerprint density at radius 3 is 2.88 bits per heavy atom. The van der Waals surface area contributed by atoms with E-state index in [1.54, 1.807) is 24.3 Å². The molecule has 86 valence electrons. The van der Waals surface area contributed by atoms with Gasteiger partial charge in [-0.3, -0.25) is 5.32 Å². The third-order valence-electron chi connectivity index (χ3n) is 2.15. The molecule has 0 radical (unpaired) electrons. The molecule has 0 spiro atoms. The van der Waals surface area contributed by atoms with Crippen LogP contribution < -0.4 is 5.32 Å². The molecule has 1 atom stereocenters. The molecule has 0 aliphatic carbocycles. The summed E-state index contributed by atoms with van der Waals surface area (Å²) in [5.74, 6) is -0.377. The average molecular weight is 221 g/mol. The van der Waals surface area contributed by atoms with Crippen molar-refractivity contribution >= 4 is 5.97 Å². The number of aromatic hydroxyl groups is 1. The predicted octanol–water partition coefficient (Wildman–Crippen LogP) is 1.38. The largest absolute Gasteiger partial charge is 0.508 e. The summed E-state index contributed by atoms with van der Waals surface area (Å²) in [6, 6.07) is 5.97. The molecule has 1 unspecified atom stereocenters. The monoisotopic (exact) mass is 221 g/mol. The van der Waals surface area contributed by atoms with Crippen molar-refractivity contribution in [3.8, 4) is 5.75 Å². The maximum Gasteiger partial charge on any atom is 0.327 e. The second-order valence-corrected chi connectivity index (χ2v) is 3.21. The quantitative estimate of drug-likeness (QED) is 0.582. The fourth-order valence-electron chi connectivity index (χ4n) is 1.37. The van der Waals surface area contributed by atoms with Crippen LogP contribution in [0.15, 0.2) is 36.9 Å². The Bertz CT molecular complexity index is 376. The summed E-state index contributed by atoms with van der Waals surface area (Å²) in [7, 11) is 1.31. The lowest BCUT2D eigenvalue weighted by Gasteiger charge is -2.16. The first-order valence-electron chi connectivity index (χ1n) is 4.90. The molecule has 0 saturated heterocycles. The van der Waals surface area contributed by atoms with E-state index in [0.29, 0.717) is 12.1 Å². The Labute approximate surface area is 94.6 Å². The number of carbonyl (C=O) groups excluding carboxylic acids is 1. The van der Waals surface area contributed by atoms with E-state index in [4.69, 9.17) is 0 Å². The number of para-hydroxylation sites is 1. The number of phenolic OH excluding ortho intramolecular Hbond substituents is 1. The van der Waals surface area contributed by atoms with Crippen molar-refractivity contribution in [2.75, 3.05) is 13.7 Å². The summed E-state index contributed by atoms with van der Waals surface area (Å²) in [4.78, 5) is 11.5. The molecule has 0 saturated carbocycles. The summed E-state index contributed by atoms with van der Waals surface area (Å²) < 4.78 is 4.67. The Balaban J connectivity index is 2.96. The Hall–Kier alpha value is -1.81. The van der Waals surface area contributed by atoms with Crippen LogP contribution in [0.3, 0.4) is 0 Å². The third-order valence-corrected chi connectivity index (χ3v) is 2.15. The lowest BCUT2D eigenvalue weighted by Crippen LogP contribution is -2.29. The number of nitrogens with one attached hydrogen (secondary N) is 1. The van der Waals surface area contributed by atoms with Gasteiger partial charge in [0.15, 0.2) is 0 Å². The smallest absolute Gasteiger partial charge is 0.327 e. The van der Waals surface area contributed by atoms with Gasteiger partial charge < -0.3 is 9.84 Å². The number of carbonyl (C=O) groups is 1. The summed E-state index contributed by atoms with van der Waals surface area (Å²) in [6.45, 7) is 4.01. The highest BCUT2D eigenvalue weighted by molar-refractivity contribution is 5.78. The van der Waals surface area contributed by atoms with E-state index < -0.39 is 12.0 Å². The fourth-order valence-corrected chi connectivity index (χ4v) is 1.37. The van der Waals surface area contributed by atoms with Crippen LogP contribution in [0.25, 0.3) is 0 Å². The van der Waals surface area contributed by atoms with Gasteiger partial charge in [-0.2, -0.15) is 0 Å². The minimum Gasteiger partial charge on any atom is -0.508 e. The average Bonchev–Trinajstić information content (AvgIpc) is 2.31. The number of ether oxygens (including phenoxy) is 1. The highest BCUT2D eigenvalue weighted by atomic mass is 16.5. The van der Waals surface area contributed by atoms with Gasteiger partial charge in [0.2, 0.25) is 0 Å². The Morgan fingerprint density at radius 2 is 2.31 bits per heavy atom. The van der Waals surface area contributed by atoms with Crippen molar-refractivity contribution in [3.63, 3.8) is 0 Å².